The van der Waals surface area contributed by atoms with Gasteiger partial charge in [0.2, 0.25) is 0 Å². The number of halogens is 3. The monoisotopic (exact) mass is 512 g/mol. The Morgan fingerprint density at radius 2 is 1.49 bits per heavy atom. The molecule has 0 spiro atoms. The average molecular weight is 513 g/mol. The Kier molecular flexibility index (Phi) is 9.92. The number of rotatable bonds is 10. The van der Waals surface area contributed by atoms with Gasteiger partial charge >= 0.3 is 6.11 Å². The van der Waals surface area contributed by atoms with Crippen LogP contribution in [0.25, 0.3) is 0 Å². The van der Waals surface area contributed by atoms with Gasteiger partial charge in [-0.25, -0.2) is 4.39 Å². The first-order valence-corrected chi connectivity index (χ1v) is 14.4. The van der Waals surface area contributed by atoms with E-state index < -0.39 is 25.0 Å². The van der Waals surface area contributed by atoms with Crippen molar-refractivity contribution in [2.24, 2.45) is 11.8 Å². The van der Waals surface area contributed by atoms with Crippen molar-refractivity contribution in [3.05, 3.63) is 82.7 Å². The third kappa shape index (κ3) is 7.96. The summed E-state index contributed by atoms with van der Waals surface area (Å²) in [5.41, 5.74) is 2.93. The molecule has 0 radical (unpaired) electrons. The second-order valence-electron chi connectivity index (χ2n) is 11.3. The van der Waals surface area contributed by atoms with Gasteiger partial charge in [-0.05, 0) is 105 Å². The molecule has 2 aromatic carbocycles. The number of hydrogen-bond acceptors (Lipinski definition) is 1. The van der Waals surface area contributed by atoms with Gasteiger partial charge in [0.05, 0.1) is 13.0 Å². The van der Waals surface area contributed by atoms with Crippen LogP contribution in [0.3, 0.4) is 0 Å². The van der Waals surface area contributed by atoms with Crippen molar-refractivity contribution < 1.29 is 17.9 Å². The van der Waals surface area contributed by atoms with E-state index in [0.29, 0.717) is 23.3 Å². The van der Waals surface area contributed by atoms with Crippen molar-refractivity contribution in [2.45, 2.75) is 109 Å². The maximum Gasteiger partial charge on any atom is 0.360 e. The average Bonchev–Trinajstić information content (AvgIpc) is 2.90. The molecule has 2 saturated carbocycles. The molecule has 2 aliphatic carbocycles. The molecule has 0 atom stereocenters. The molecule has 202 valence electrons. The van der Waals surface area contributed by atoms with E-state index in [0.717, 1.165) is 37.2 Å². The highest BCUT2D eigenvalue weighted by molar-refractivity contribution is 5.28. The van der Waals surface area contributed by atoms with Gasteiger partial charge in [0.1, 0.15) is 5.82 Å². The summed E-state index contributed by atoms with van der Waals surface area (Å²) in [5, 5.41) is 0. The molecule has 37 heavy (non-hydrogen) atoms. The predicted molar refractivity (Wildman–Crippen MR) is 145 cm³/mol. The summed E-state index contributed by atoms with van der Waals surface area (Å²) in [4.78, 5) is 0. The summed E-state index contributed by atoms with van der Waals surface area (Å²) >= 11 is 0. The molecule has 0 aromatic heterocycles. The topological polar surface area (TPSA) is 9.23 Å². The Morgan fingerprint density at radius 3 is 2.11 bits per heavy atom. The lowest BCUT2D eigenvalue weighted by molar-refractivity contribution is -0.244. The van der Waals surface area contributed by atoms with Crippen molar-refractivity contribution in [3.8, 4) is 0 Å². The van der Waals surface area contributed by atoms with Gasteiger partial charge in [-0.2, -0.15) is 8.78 Å². The number of hydrogen-bond donors (Lipinski definition) is 0. The predicted octanol–water partition coefficient (Wildman–Crippen LogP) is 10.1. The van der Waals surface area contributed by atoms with Crippen molar-refractivity contribution in [1.29, 1.82) is 0 Å². The summed E-state index contributed by atoms with van der Waals surface area (Å²) in [7, 11) is 0. The highest BCUT2D eigenvalue weighted by atomic mass is 19.3. The fourth-order valence-corrected chi connectivity index (χ4v) is 6.42. The van der Waals surface area contributed by atoms with Crippen LogP contribution in [0.1, 0.15) is 112 Å². The zero-order valence-electron chi connectivity index (χ0n) is 22.5. The van der Waals surface area contributed by atoms with E-state index in [4.69, 9.17) is 4.74 Å². The Labute approximate surface area is 221 Å². The minimum Gasteiger partial charge on any atom is -0.315 e. The van der Waals surface area contributed by atoms with Crippen molar-refractivity contribution >= 4 is 0 Å². The Balaban J connectivity index is 1.27. The van der Waals surface area contributed by atoms with Crippen LogP contribution in [0.5, 0.6) is 0 Å². The van der Waals surface area contributed by atoms with Gasteiger partial charge in [-0.15, -0.1) is 0 Å². The Bertz CT molecular complexity index is 997. The number of allylic oxidation sites excluding steroid dienone is 2. The third-order valence-electron chi connectivity index (χ3n) is 8.63. The van der Waals surface area contributed by atoms with Crippen molar-refractivity contribution in [1.82, 2.24) is 0 Å². The largest absolute Gasteiger partial charge is 0.360 e. The summed E-state index contributed by atoms with van der Waals surface area (Å²) in [5.74, 6) is 1.88. The van der Waals surface area contributed by atoms with E-state index in [1.54, 1.807) is 18.2 Å². The summed E-state index contributed by atoms with van der Waals surface area (Å²) < 4.78 is 48.9. The van der Waals surface area contributed by atoms with Crippen LogP contribution in [-0.4, -0.2) is 6.11 Å². The van der Waals surface area contributed by atoms with E-state index in [-0.39, 0.29) is 5.56 Å². The lowest BCUT2D eigenvalue weighted by Crippen LogP contribution is -2.24. The van der Waals surface area contributed by atoms with Crippen LogP contribution in [0.15, 0.2) is 54.6 Å². The molecule has 0 N–H and O–H groups in total. The fourth-order valence-electron chi connectivity index (χ4n) is 6.42. The number of ether oxygens (including phenoxy) is 1. The second kappa shape index (κ2) is 13.1. The van der Waals surface area contributed by atoms with E-state index in [1.807, 2.05) is 25.1 Å². The van der Waals surface area contributed by atoms with Gasteiger partial charge in [0, 0.05) is 5.56 Å². The summed E-state index contributed by atoms with van der Waals surface area (Å²) in [6.45, 7) is 3.85. The number of alkyl halides is 2. The van der Waals surface area contributed by atoms with E-state index in [1.165, 1.54) is 50.2 Å². The first-order chi connectivity index (χ1) is 17.9. The molecule has 0 saturated heterocycles. The lowest BCUT2D eigenvalue weighted by Gasteiger charge is -2.28. The molecule has 2 aromatic rings. The van der Waals surface area contributed by atoms with Gasteiger partial charge in [0.15, 0.2) is 0 Å². The van der Waals surface area contributed by atoms with Crippen LogP contribution in [0, 0.1) is 17.7 Å². The fraction of sp³-hybridized carbons (Fsp3) is 0.576. The number of benzene rings is 2. The summed E-state index contributed by atoms with van der Waals surface area (Å²) in [6.07, 6.45) is 12.2. The molecule has 0 heterocycles. The molecule has 4 rings (SSSR count). The minimum atomic E-state index is -3.35. The molecular formula is C33H43F3O. The van der Waals surface area contributed by atoms with Gasteiger partial charge in [-0.1, -0.05) is 68.3 Å². The third-order valence-corrected chi connectivity index (χ3v) is 8.63. The molecule has 0 bridgehead atoms. The Morgan fingerprint density at radius 1 is 0.865 bits per heavy atom. The molecule has 1 nitrogen and oxygen atoms in total. The lowest BCUT2D eigenvalue weighted by atomic mass is 9.77. The van der Waals surface area contributed by atoms with Crippen LogP contribution < -0.4 is 0 Å². The zero-order chi connectivity index (χ0) is 26.3. The Hall–Kier alpha value is -2.07. The minimum absolute atomic E-state index is 0.181. The van der Waals surface area contributed by atoms with Crippen LogP contribution in [0.2, 0.25) is 0 Å². The molecule has 0 aliphatic heterocycles. The van der Waals surface area contributed by atoms with Crippen molar-refractivity contribution in [2.75, 3.05) is 0 Å². The maximum atomic E-state index is 14.8. The second-order valence-corrected chi connectivity index (χ2v) is 11.3. The van der Waals surface area contributed by atoms with Gasteiger partial charge in [-0.3, -0.25) is 0 Å². The maximum absolute atomic E-state index is 14.8. The zero-order valence-corrected chi connectivity index (χ0v) is 22.5. The van der Waals surface area contributed by atoms with Crippen molar-refractivity contribution in [3.63, 3.8) is 0 Å². The van der Waals surface area contributed by atoms with Crippen LogP contribution >= 0.6 is 0 Å². The standard InChI is InChI=1S/C33H43F3O/c1-3-5-24-7-13-27(14-8-24)28-17-11-26(12-18-28)22-33(35,36)37-23-31-20-19-30(21-32(31)34)29-15-9-25(6-4-2)10-16-29/h4,6,11-12,17-21,24-25,27,29H,3,5,7-10,13-16,22-23H2,1-2H3/b6-4+. The normalized spacial score (nSPS) is 25.0. The summed E-state index contributed by atoms with van der Waals surface area (Å²) in [6, 6.07) is 12.6. The smallest absolute Gasteiger partial charge is 0.315 e. The van der Waals surface area contributed by atoms with Crippen LogP contribution in [-0.2, 0) is 17.8 Å². The van der Waals surface area contributed by atoms with Gasteiger partial charge in [0.25, 0.3) is 0 Å². The highest BCUT2D eigenvalue weighted by Crippen LogP contribution is 2.38. The molecular weight excluding hydrogens is 469 g/mol. The molecule has 4 heteroatoms. The first kappa shape index (κ1) is 28.0. The molecule has 2 aliphatic rings. The molecule has 0 unspecified atom stereocenters. The SMILES string of the molecule is C/C=C/C1CCC(c2ccc(COC(F)(F)Cc3ccc(C4CCC(CCC)CC4)cc3)c(F)c2)CC1. The molecule has 2 fully saturated rings. The highest BCUT2D eigenvalue weighted by Gasteiger charge is 2.31. The van der Waals surface area contributed by atoms with E-state index in [2.05, 4.69) is 19.1 Å². The first-order valence-electron chi connectivity index (χ1n) is 14.4. The van der Waals surface area contributed by atoms with E-state index >= 15 is 0 Å². The van der Waals surface area contributed by atoms with E-state index in [9.17, 15) is 13.2 Å². The molecule has 0 amide bonds. The quantitative estimate of drug-likeness (QED) is 0.288. The van der Waals surface area contributed by atoms with Crippen LogP contribution in [0.4, 0.5) is 13.2 Å². The van der Waals surface area contributed by atoms with Gasteiger partial charge < -0.3 is 4.74 Å².